The molecule has 0 spiro atoms. The summed E-state index contributed by atoms with van der Waals surface area (Å²) in [6.45, 7) is 7.41. The molecule has 21 heavy (non-hydrogen) atoms. The van der Waals surface area contributed by atoms with Gasteiger partial charge in [0.2, 0.25) is 5.91 Å². The fraction of sp³-hybridized carbons (Fsp3) is 0.588. The molecule has 0 bridgehead atoms. The Morgan fingerprint density at radius 2 is 1.95 bits per heavy atom. The number of nitrogens with zero attached hydrogens (tertiary/aromatic N) is 2. The summed E-state index contributed by atoms with van der Waals surface area (Å²) in [5.74, 6) is 0.238. The Bertz CT molecular complexity index is 467. The molecular weight excluding hydrogens is 262 g/mol. The summed E-state index contributed by atoms with van der Waals surface area (Å²) in [4.78, 5) is 16.3. The highest BCUT2D eigenvalue weighted by Crippen LogP contribution is 2.19. The van der Waals surface area contributed by atoms with E-state index in [9.17, 15) is 4.79 Å². The zero-order chi connectivity index (χ0) is 15.2. The second-order valence-corrected chi connectivity index (χ2v) is 6.11. The number of hydrogen-bond donors (Lipinski definition) is 1. The summed E-state index contributed by atoms with van der Waals surface area (Å²) in [5.41, 5.74) is 2.38. The van der Waals surface area contributed by atoms with Crippen LogP contribution in [0, 0.1) is 0 Å². The SMILES string of the molecule is CC(C)NCc1ccccc1N(C)CC(=O)N1CCCC1. The summed E-state index contributed by atoms with van der Waals surface area (Å²) in [6.07, 6.45) is 2.29. The second kappa shape index (κ2) is 7.46. The minimum absolute atomic E-state index is 0.238. The van der Waals surface area contributed by atoms with Gasteiger partial charge in [-0.3, -0.25) is 4.79 Å². The Morgan fingerprint density at radius 1 is 1.29 bits per heavy atom. The Kier molecular flexibility index (Phi) is 5.62. The highest BCUT2D eigenvalue weighted by molar-refractivity contribution is 5.81. The van der Waals surface area contributed by atoms with Gasteiger partial charge < -0.3 is 15.1 Å². The standard InChI is InChI=1S/C17H27N3O/c1-14(2)18-12-15-8-4-5-9-16(15)19(3)13-17(21)20-10-6-7-11-20/h4-5,8-9,14,18H,6-7,10-13H2,1-3H3. The van der Waals surface area contributed by atoms with E-state index in [1.165, 1.54) is 5.56 Å². The van der Waals surface area contributed by atoms with Gasteiger partial charge >= 0.3 is 0 Å². The van der Waals surface area contributed by atoms with Crippen molar-refractivity contribution in [2.75, 3.05) is 31.6 Å². The minimum Gasteiger partial charge on any atom is -0.365 e. The van der Waals surface area contributed by atoms with Crippen molar-refractivity contribution >= 4 is 11.6 Å². The van der Waals surface area contributed by atoms with Crippen molar-refractivity contribution in [1.82, 2.24) is 10.2 Å². The number of hydrogen-bond acceptors (Lipinski definition) is 3. The average molecular weight is 289 g/mol. The maximum absolute atomic E-state index is 12.3. The lowest BCUT2D eigenvalue weighted by Gasteiger charge is -2.25. The van der Waals surface area contributed by atoms with Gasteiger partial charge in [-0.1, -0.05) is 32.0 Å². The molecule has 0 aromatic heterocycles. The predicted octanol–water partition coefficient (Wildman–Crippen LogP) is 2.24. The van der Waals surface area contributed by atoms with E-state index in [1.807, 2.05) is 18.0 Å². The van der Waals surface area contributed by atoms with Crippen LogP contribution in [-0.4, -0.2) is 43.5 Å². The number of carbonyl (C=O) groups excluding carboxylic acids is 1. The van der Waals surface area contributed by atoms with Crippen molar-refractivity contribution in [2.24, 2.45) is 0 Å². The van der Waals surface area contributed by atoms with Crippen LogP contribution in [0.2, 0.25) is 0 Å². The lowest BCUT2D eigenvalue weighted by molar-refractivity contribution is -0.128. The smallest absolute Gasteiger partial charge is 0.242 e. The quantitative estimate of drug-likeness (QED) is 0.872. The first-order chi connectivity index (χ1) is 10.1. The average Bonchev–Trinajstić information content (AvgIpc) is 2.99. The Hall–Kier alpha value is -1.55. The summed E-state index contributed by atoms with van der Waals surface area (Å²) in [7, 11) is 2.00. The third-order valence-corrected chi connectivity index (χ3v) is 3.93. The highest BCUT2D eigenvalue weighted by atomic mass is 16.2. The van der Waals surface area contributed by atoms with E-state index < -0.39 is 0 Å². The van der Waals surface area contributed by atoms with E-state index in [0.29, 0.717) is 12.6 Å². The number of likely N-dealkylation sites (tertiary alicyclic amines) is 1. The molecule has 1 heterocycles. The number of anilines is 1. The maximum atomic E-state index is 12.3. The van der Waals surface area contributed by atoms with Crippen LogP contribution >= 0.6 is 0 Å². The first-order valence-electron chi connectivity index (χ1n) is 7.88. The lowest BCUT2D eigenvalue weighted by Crippen LogP contribution is -2.37. The number of para-hydroxylation sites is 1. The molecule has 0 unspecified atom stereocenters. The van der Waals surface area contributed by atoms with E-state index in [0.717, 1.165) is 38.2 Å². The van der Waals surface area contributed by atoms with Gasteiger partial charge in [0.1, 0.15) is 0 Å². The largest absolute Gasteiger partial charge is 0.365 e. The van der Waals surface area contributed by atoms with Gasteiger partial charge in [0.05, 0.1) is 6.54 Å². The second-order valence-electron chi connectivity index (χ2n) is 6.11. The zero-order valence-corrected chi connectivity index (χ0v) is 13.4. The molecule has 1 aromatic carbocycles. The first-order valence-corrected chi connectivity index (χ1v) is 7.88. The summed E-state index contributed by atoms with van der Waals surface area (Å²) < 4.78 is 0. The molecule has 116 valence electrons. The van der Waals surface area contributed by atoms with E-state index in [4.69, 9.17) is 0 Å². The van der Waals surface area contributed by atoms with Crippen LogP contribution in [0.5, 0.6) is 0 Å². The van der Waals surface area contributed by atoms with Crippen molar-refractivity contribution < 1.29 is 4.79 Å². The highest BCUT2D eigenvalue weighted by Gasteiger charge is 2.19. The van der Waals surface area contributed by atoms with Gasteiger partial charge in [0.25, 0.3) is 0 Å². The molecule has 1 aliphatic rings. The summed E-state index contributed by atoms with van der Waals surface area (Å²) >= 11 is 0. The molecule has 1 aromatic rings. The number of likely N-dealkylation sites (N-methyl/N-ethyl adjacent to an activating group) is 1. The van der Waals surface area contributed by atoms with Crippen molar-refractivity contribution in [2.45, 2.75) is 39.3 Å². The summed E-state index contributed by atoms with van der Waals surface area (Å²) in [5, 5.41) is 3.44. The fourth-order valence-corrected chi connectivity index (χ4v) is 2.70. The fourth-order valence-electron chi connectivity index (χ4n) is 2.70. The Labute approximate surface area is 128 Å². The van der Waals surface area contributed by atoms with Crippen LogP contribution in [0.1, 0.15) is 32.3 Å². The Morgan fingerprint density at radius 3 is 2.62 bits per heavy atom. The van der Waals surface area contributed by atoms with Crippen LogP contribution in [0.15, 0.2) is 24.3 Å². The van der Waals surface area contributed by atoms with E-state index >= 15 is 0 Å². The zero-order valence-electron chi connectivity index (χ0n) is 13.4. The maximum Gasteiger partial charge on any atom is 0.242 e. The molecule has 4 heteroatoms. The predicted molar refractivity (Wildman–Crippen MR) is 87.5 cm³/mol. The molecule has 0 atom stereocenters. The topological polar surface area (TPSA) is 35.6 Å². The first kappa shape index (κ1) is 15.8. The van der Waals surface area contributed by atoms with Crippen molar-refractivity contribution in [3.8, 4) is 0 Å². The van der Waals surface area contributed by atoms with Gasteiger partial charge in [-0.25, -0.2) is 0 Å². The minimum atomic E-state index is 0.238. The van der Waals surface area contributed by atoms with Gasteiger partial charge in [0, 0.05) is 38.4 Å². The number of nitrogens with one attached hydrogen (secondary N) is 1. The monoisotopic (exact) mass is 289 g/mol. The molecule has 1 N–H and O–H groups in total. The molecule has 0 radical (unpaired) electrons. The van der Waals surface area contributed by atoms with Crippen molar-refractivity contribution in [3.05, 3.63) is 29.8 Å². The van der Waals surface area contributed by atoms with Crippen molar-refractivity contribution in [3.63, 3.8) is 0 Å². The molecular formula is C17H27N3O. The van der Waals surface area contributed by atoms with E-state index in [-0.39, 0.29) is 5.91 Å². The van der Waals surface area contributed by atoms with E-state index in [2.05, 4.69) is 42.3 Å². The number of benzene rings is 1. The number of rotatable bonds is 6. The third-order valence-electron chi connectivity index (χ3n) is 3.93. The van der Waals surface area contributed by atoms with Crippen LogP contribution in [0.25, 0.3) is 0 Å². The van der Waals surface area contributed by atoms with Crippen LogP contribution < -0.4 is 10.2 Å². The molecule has 0 saturated carbocycles. The molecule has 1 amide bonds. The number of carbonyl (C=O) groups is 1. The molecule has 1 saturated heterocycles. The molecule has 2 rings (SSSR count). The molecule has 1 aliphatic heterocycles. The van der Waals surface area contributed by atoms with Crippen LogP contribution in [0.4, 0.5) is 5.69 Å². The molecule has 0 aliphatic carbocycles. The van der Waals surface area contributed by atoms with Gasteiger partial charge in [-0.15, -0.1) is 0 Å². The van der Waals surface area contributed by atoms with Crippen LogP contribution in [0.3, 0.4) is 0 Å². The molecule has 4 nitrogen and oxygen atoms in total. The third kappa shape index (κ3) is 4.46. The van der Waals surface area contributed by atoms with Gasteiger partial charge in [-0.2, -0.15) is 0 Å². The number of amides is 1. The van der Waals surface area contributed by atoms with Gasteiger partial charge in [0.15, 0.2) is 0 Å². The van der Waals surface area contributed by atoms with Crippen molar-refractivity contribution in [1.29, 1.82) is 0 Å². The van der Waals surface area contributed by atoms with Gasteiger partial charge in [-0.05, 0) is 24.5 Å². The van der Waals surface area contributed by atoms with E-state index in [1.54, 1.807) is 0 Å². The lowest BCUT2D eigenvalue weighted by atomic mass is 10.1. The molecule has 1 fully saturated rings. The van der Waals surface area contributed by atoms with Crippen LogP contribution in [-0.2, 0) is 11.3 Å². The normalized spacial score (nSPS) is 14.8. The Balaban J connectivity index is 2.00. The summed E-state index contributed by atoms with van der Waals surface area (Å²) in [6, 6.07) is 8.76.